The van der Waals surface area contributed by atoms with Crippen LogP contribution in [0.1, 0.15) is 15.9 Å². The Hall–Kier alpha value is -2.65. The molecule has 0 unspecified atom stereocenters. The molecule has 0 bridgehead atoms. The standard InChI is InChI=1S/C19H16N2O.ClH/c22-19(18-10-12-20-13-11-18)21-14-15-6-8-17(9-7-15)16-4-2-1-3-5-16;/h1-13H,14H2,(H,21,22);1H. The van der Waals surface area contributed by atoms with Gasteiger partial charge in [-0.15, -0.1) is 12.4 Å². The predicted molar refractivity (Wildman–Crippen MR) is 94.5 cm³/mol. The first-order valence-electron chi connectivity index (χ1n) is 7.15. The zero-order valence-corrected chi connectivity index (χ0v) is 13.3. The largest absolute Gasteiger partial charge is 0.348 e. The average Bonchev–Trinajstić information content (AvgIpc) is 2.61. The molecular weight excluding hydrogens is 308 g/mol. The molecule has 0 spiro atoms. The van der Waals surface area contributed by atoms with Crippen molar-refractivity contribution in [3.63, 3.8) is 0 Å². The molecule has 0 saturated heterocycles. The van der Waals surface area contributed by atoms with E-state index < -0.39 is 0 Å². The van der Waals surface area contributed by atoms with E-state index in [-0.39, 0.29) is 18.3 Å². The number of benzene rings is 2. The summed E-state index contributed by atoms with van der Waals surface area (Å²) in [6.45, 7) is 0.510. The normalized spacial score (nSPS) is 9.74. The summed E-state index contributed by atoms with van der Waals surface area (Å²) in [7, 11) is 0. The number of nitrogens with one attached hydrogen (secondary N) is 1. The summed E-state index contributed by atoms with van der Waals surface area (Å²) in [5, 5.41) is 2.91. The molecule has 23 heavy (non-hydrogen) atoms. The highest BCUT2D eigenvalue weighted by Gasteiger charge is 2.04. The quantitative estimate of drug-likeness (QED) is 0.785. The summed E-state index contributed by atoms with van der Waals surface area (Å²) in [6, 6.07) is 21.8. The number of amides is 1. The van der Waals surface area contributed by atoms with Gasteiger partial charge in [-0.1, -0.05) is 54.6 Å². The van der Waals surface area contributed by atoms with E-state index in [9.17, 15) is 4.79 Å². The lowest BCUT2D eigenvalue weighted by atomic mass is 10.0. The fraction of sp³-hybridized carbons (Fsp3) is 0.0526. The summed E-state index contributed by atoms with van der Waals surface area (Å²) in [5.41, 5.74) is 4.05. The van der Waals surface area contributed by atoms with Gasteiger partial charge in [-0.25, -0.2) is 0 Å². The average molecular weight is 325 g/mol. The first-order valence-corrected chi connectivity index (χ1v) is 7.15. The Morgan fingerprint density at radius 1 is 0.826 bits per heavy atom. The minimum Gasteiger partial charge on any atom is -0.348 e. The van der Waals surface area contributed by atoms with Crippen LogP contribution in [0.15, 0.2) is 79.1 Å². The first kappa shape index (κ1) is 16.7. The number of carbonyl (C=O) groups is 1. The van der Waals surface area contributed by atoms with Gasteiger partial charge < -0.3 is 5.32 Å². The lowest BCUT2D eigenvalue weighted by molar-refractivity contribution is 0.0951. The Morgan fingerprint density at radius 3 is 2.09 bits per heavy atom. The van der Waals surface area contributed by atoms with Crippen LogP contribution < -0.4 is 5.32 Å². The van der Waals surface area contributed by atoms with E-state index in [1.54, 1.807) is 24.5 Å². The van der Waals surface area contributed by atoms with Gasteiger partial charge in [-0.3, -0.25) is 9.78 Å². The van der Waals surface area contributed by atoms with E-state index >= 15 is 0 Å². The van der Waals surface area contributed by atoms with Gasteiger partial charge in [0.05, 0.1) is 0 Å². The molecule has 1 aromatic heterocycles. The van der Waals surface area contributed by atoms with Gasteiger partial charge in [-0.2, -0.15) is 0 Å². The third-order valence-corrected chi connectivity index (χ3v) is 3.46. The Morgan fingerprint density at radius 2 is 1.43 bits per heavy atom. The molecule has 3 aromatic rings. The minimum atomic E-state index is -0.0884. The number of rotatable bonds is 4. The molecule has 1 N–H and O–H groups in total. The fourth-order valence-corrected chi connectivity index (χ4v) is 2.23. The van der Waals surface area contributed by atoms with Gasteiger partial charge >= 0.3 is 0 Å². The second-order valence-electron chi connectivity index (χ2n) is 4.98. The number of halogens is 1. The zero-order chi connectivity index (χ0) is 15.2. The van der Waals surface area contributed by atoms with E-state index in [0.717, 1.165) is 5.56 Å². The van der Waals surface area contributed by atoms with E-state index in [2.05, 4.69) is 34.6 Å². The second kappa shape index (κ2) is 8.11. The minimum absolute atomic E-state index is 0. The lowest BCUT2D eigenvalue weighted by Crippen LogP contribution is -2.22. The fourth-order valence-electron chi connectivity index (χ4n) is 2.23. The number of nitrogens with zero attached hydrogens (tertiary/aromatic N) is 1. The van der Waals surface area contributed by atoms with Crippen molar-refractivity contribution in [2.45, 2.75) is 6.54 Å². The smallest absolute Gasteiger partial charge is 0.251 e. The highest BCUT2D eigenvalue weighted by molar-refractivity contribution is 5.93. The summed E-state index contributed by atoms with van der Waals surface area (Å²) in [4.78, 5) is 15.9. The summed E-state index contributed by atoms with van der Waals surface area (Å²) in [6.07, 6.45) is 3.23. The van der Waals surface area contributed by atoms with E-state index in [0.29, 0.717) is 12.1 Å². The van der Waals surface area contributed by atoms with Gasteiger partial charge in [0.1, 0.15) is 0 Å². The van der Waals surface area contributed by atoms with Crippen LogP contribution in [0.5, 0.6) is 0 Å². The summed E-state index contributed by atoms with van der Waals surface area (Å²) < 4.78 is 0. The van der Waals surface area contributed by atoms with Crippen molar-refractivity contribution >= 4 is 18.3 Å². The van der Waals surface area contributed by atoms with Crippen LogP contribution in [-0.2, 0) is 6.54 Å². The van der Waals surface area contributed by atoms with Gasteiger partial charge in [0.15, 0.2) is 0 Å². The zero-order valence-electron chi connectivity index (χ0n) is 12.5. The molecule has 3 nitrogen and oxygen atoms in total. The number of aromatic nitrogens is 1. The van der Waals surface area contributed by atoms with Crippen LogP contribution in [0.2, 0.25) is 0 Å². The Kier molecular flexibility index (Phi) is 5.89. The number of carbonyl (C=O) groups excluding carboxylic acids is 1. The van der Waals surface area contributed by atoms with Gasteiger partial charge in [0.25, 0.3) is 5.91 Å². The molecule has 116 valence electrons. The van der Waals surface area contributed by atoms with E-state index in [1.165, 1.54) is 11.1 Å². The van der Waals surface area contributed by atoms with Gasteiger partial charge in [0, 0.05) is 24.5 Å². The SMILES string of the molecule is Cl.O=C(NCc1ccc(-c2ccccc2)cc1)c1ccncc1. The molecule has 0 aliphatic heterocycles. The summed E-state index contributed by atoms with van der Waals surface area (Å²) >= 11 is 0. The second-order valence-corrected chi connectivity index (χ2v) is 4.98. The molecule has 0 atom stereocenters. The Bertz CT molecular complexity index is 743. The number of hydrogen-bond donors (Lipinski definition) is 1. The van der Waals surface area contributed by atoms with Crippen molar-refractivity contribution in [1.82, 2.24) is 10.3 Å². The molecule has 0 aliphatic carbocycles. The third-order valence-electron chi connectivity index (χ3n) is 3.46. The van der Waals surface area contributed by atoms with Gasteiger partial charge in [0.2, 0.25) is 0 Å². The van der Waals surface area contributed by atoms with Crippen LogP contribution in [0.4, 0.5) is 0 Å². The van der Waals surface area contributed by atoms with E-state index in [1.807, 2.05) is 30.3 Å². The third kappa shape index (κ3) is 4.41. The molecule has 0 fully saturated rings. The first-order chi connectivity index (χ1) is 10.8. The van der Waals surface area contributed by atoms with Crippen LogP contribution in [0.25, 0.3) is 11.1 Å². The van der Waals surface area contributed by atoms with Crippen LogP contribution in [0.3, 0.4) is 0 Å². The monoisotopic (exact) mass is 324 g/mol. The lowest BCUT2D eigenvalue weighted by Gasteiger charge is -2.07. The van der Waals surface area contributed by atoms with Crippen molar-refractivity contribution in [1.29, 1.82) is 0 Å². The molecular formula is C19H17ClN2O. The van der Waals surface area contributed by atoms with Crippen LogP contribution in [-0.4, -0.2) is 10.9 Å². The van der Waals surface area contributed by atoms with Crippen molar-refractivity contribution in [3.8, 4) is 11.1 Å². The molecule has 3 rings (SSSR count). The number of hydrogen-bond acceptors (Lipinski definition) is 2. The Labute approximate surface area is 141 Å². The highest BCUT2D eigenvalue weighted by Crippen LogP contribution is 2.19. The van der Waals surface area contributed by atoms with Gasteiger partial charge in [-0.05, 0) is 28.8 Å². The maximum atomic E-state index is 12.0. The Balaban J connectivity index is 0.00000192. The van der Waals surface area contributed by atoms with Crippen molar-refractivity contribution < 1.29 is 4.79 Å². The molecule has 2 aromatic carbocycles. The van der Waals surface area contributed by atoms with Crippen molar-refractivity contribution in [2.75, 3.05) is 0 Å². The maximum Gasteiger partial charge on any atom is 0.251 e. The molecule has 0 saturated carbocycles. The van der Waals surface area contributed by atoms with Crippen LogP contribution in [0, 0.1) is 0 Å². The molecule has 1 amide bonds. The van der Waals surface area contributed by atoms with E-state index in [4.69, 9.17) is 0 Å². The maximum absolute atomic E-state index is 12.0. The number of pyridine rings is 1. The molecule has 0 radical (unpaired) electrons. The van der Waals surface area contributed by atoms with Crippen molar-refractivity contribution in [2.24, 2.45) is 0 Å². The summed E-state index contributed by atoms with van der Waals surface area (Å²) in [5.74, 6) is -0.0884. The molecule has 1 heterocycles. The topological polar surface area (TPSA) is 42.0 Å². The predicted octanol–water partition coefficient (Wildman–Crippen LogP) is 4.10. The van der Waals surface area contributed by atoms with Crippen LogP contribution >= 0.6 is 12.4 Å². The van der Waals surface area contributed by atoms with Crippen molar-refractivity contribution in [3.05, 3.63) is 90.3 Å². The molecule has 4 heteroatoms. The molecule has 0 aliphatic rings. The highest BCUT2D eigenvalue weighted by atomic mass is 35.5.